The van der Waals surface area contributed by atoms with Gasteiger partial charge in [-0.2, -0.15) is 0 Å². The van der Waals surface area contributed by atoms with Crippen molar-refractivity contribution in [3.8, 4) is 10.6 Å². The van der Waals surface area contributed by atoms with Crippen LogP contribution in [0.3, 0.4) is 0 Å². The van der Waals surface area contributed by atoms with Crippen molar-refractivity contribution in [1.29, 1.82) is 0 Å². The van der Waals surface area contributed by atoms with Gasteiger partial charge in [0.15, 0.2) is 0 Å². The van der Waals surface area contributed by atoms with Crippen LogP contribution in [-0.2, 0) is 11.2 Å². The molecule has 0 fully saturated rings. The average Bonchev–Trinajstić information content (AvgIpc) is 2.92. The highest BCUT2D eigenvalue weighted by Crippen LogP contribution is 2.30. The number of hydrogen-bond acceptors (Lipinski definition) is 5. The van der Waals surface area contributed by atoms with Gasteiger partial charge < -0.3 is 10.1 Å². The summed E-state index contributed by atoms with van der Waals surface area (Å²) < 4.78 is 4.97. The lowest BCUT2D eigenvalue weighted by Crippen LogP contribution is -2.20. The van der Waals surface area contributed by atoms with Crippen molar-refractivity contribution in [2.24, 2.45) is 0 Å². The number of aromatic nitrogens is 2. The number of nitrogens with one attached hydrogen (secondary N) is 1. The molecule has 0 radical (unpaired) electrons. The van der Waals surface area contributed by atoms with E-state index in [9.17, 15) is 0 Å². The minimum atomic E-state index is 0.719. The van der Waals surface area contributed by atoms with Crippen molar-refractivity contribution in [1.82, 2.24) is 15.5 Å². The lowest BCUT2D eigenvalue weighted by molar-refractivity contribution is 0.199. The van der Waals surface area contributed by atoms with Crippen LogP contribution in [0.2, 0.25) is 5.02 Å². The number of benzene rings is 1. The number of aryl methyl sites for hydroxylation is 1. The number of hydrogen-bond donors (Lipinski definition) is 1. The van der Waals surface area contributed by atoms with Crippen LogP contribution in [0.15, 0.2) is 24.3 Å². The molecule has 2 rings (SSSR count). The fourth-order valence-corrected chi connectivity index (χ4v) is 2.96. The van der Waals surface area contributed by atoms with E-state index in [1.807, 2.05) is 24.3 Å². The molecule has 0 bridgehead atoms. The molecule has 0 spiro atoms. The van der Waals surface area contributed by atoms with E-state index in [2.05, 4.69) is 15.5 Å². The summed E-state index contributed by atoms with van der Waals surface area (Å²) in [6, 6.07) is 7.72. The first-order valence-electron chi connectivity index (χ1n) is 6.58. The Morgan fingerprint density at radius 1 is 1.25 bits per heavy atom. The van der Waals surface area contributed by atoms with Gasteiger partial charge in [0.1, 0.15) is 10.0 Å². The van der Waals surface area contributed by atoms with Crippen molar-refractivity contribution in [2.45, 2.75) is 12.8 Å². The van der Waals surface area contributed by atoms with Gasteiger partial charge in [-0.25, -0.2) is 0 Å². The fourth-order valence-electron chi connectivity index (χ4n) is 1.76. The second kappa shape index (κ2) is 8.32. The molecular weight excluding hydrogens is 294 g/mol. The molecule has 1 aromatic heterocycles. The SMILES string of the molecule is COCCNCCCc1nnc(-c2ccccc2Cl)s1. The van der Waals surface area contributed by atoms with Crippen LogP contribution in [0.5, 0.6) is 0 Å². The molecule has 2 aromatic rings. The van der Waals surface area contributed by atoms with E-state index >= 15 is 0 Å². The highest BCUT2D eigenvalue weighted by atomic mass is 35.5. The van der Waals surface area contributed by atoms with Crippen LogP contribution in [0, 0.1) is 0 Å². The molecule has 1 N–H and O–H groups in total. The fraction of sp³-hybridized carbons (Fsp3) is 0.429. The zero-order valence-corrected chi connectivity index (χ0v) is 13.0. The van der Waals surface area contributed by atoms with E-state index in [0.29, 0.717) is 0 Å². The molecule has 0 atom stereocenters. The Labute approximate surface area is 128 Å². The third-order valence-electron chi connectivity index (χ3n) is 2.80. The van der Waals surface area contributed by atoms with Crippen molar-refractivity contribution < 1.29 is 4.74 Å². The van der Waals surface area contributed by atoms with Gasteiger partial charge in [-0.05, 0) is 19.0 Å². The van der Waals surface area contributed by atoms with Crippen LogP contribution in [0.4, 0.5) is 0 Å². The average molecular weight is 312 g/mol. The largest absolute Gasteiger partial charge is 0.383 e. The van der Waals surface area contributed by atoms with E-state index in [0.717, 1.165) is 53.1 Å². The second-order valence-electron chi connectivity index (χ2n) is 4.33. The van der Waals surface area contributed by atoms with Gasteiger partial charge in [-0.3, -0.25) is 0 Å². The zero-order valence-electron chi connectivity index (χ0n) is 11.4. The highest BCUT2D eigenvalue weighted by Gasteiger charge is 2.09. The maximum absolute atomic E-state index is 6.16. The minimum Gasteiger partial charge on any atom is -0.383 e. The van der Waals surface area contributed by atoms with Crippen molar-refractivity contribution in [3.05, 3.63) is 34.3 Å². The molecule has 0 unspecified atom stereocenters. The van der Waals surface area contributed by atoms with Crippen LogP contribution in [-0.4, -0.2) is 37.0 Å². The van der Waals surface area contributed by atoms with Crippen molar-refractivity contribution in [3.63, 3.8) is 0 Å². The van der Waals surface area contributed by atoms with E-state index in [1.54, 1.807) is 18.4 Å². The normalized spacial score (nSPS) is 10.9. The Kier molecular flexibility index (Phi) is 6.39. The lowest BCUT2D eigenvalue weighted by Gasteiger charge is -2.01. The first kappa shape index (κ1) is 15.4. The molecule has 4 nitrogen and oxygen atoms in total. The standard InChI is InChI=1S/C14H18ClN3OS/c1-19-10-9-16-8-4-7-13-17-18-14(20-13)11-5-2-3-6-12(11)15/h2-3,5-6,16H,4,7-10H2,1H3. The van der Waals surface area contributed by atoms with Gasteiger partial charge in [-0.15, -0.1) is 10.2 Å². The van der Waals surface area contributed by atoms with Gasteiger partial charge in [0.05, 0.1) is 11.6 Å². The molecule has 0 aliphatic rings. The first-order valence-corrected chi connectivity index (χ1v) is 7.77. The summed E-state index contributed by atoms with van der Waals surface area (Å²) in [5.41, 5.74) is 0.955. The van der Waals surface area contributed by atoms with Crippen LogP contribution >= 0.6 is 22.9 Å². The van der Waals surface area contributed by atoms with E-state index < -0.39 is 0 Å². The molecule has 1 heterocycles. The van der Waals surface area contributed by atoms with E-state index in [1.165, 1.54) is 0 Å². The predicted octanol–water partition coefficient (Wildman–Crippen LogP) is 3.03. The van der Waals surface area contributed by atoms with Crippen LogP contribution in [0.1, 0.15) is 11.4 Å². The Bertz CT molecular complexity index is 533. The topological polar surface area (TPSA) is 47.0 Å². The van der Waals surface area contributed by atoms with Crippen LogP contribution < -0.4 is 5.32 Å². The van der Waals surface area contributed by atoms with Gasteiger partial charge in [-0.1, -0.05) is 41.1 Å². The number of rotatable bonds is 8. The molecule has 108 valence electrons. The maximum atomic E-state index is 6.16. The first-order chi connectivity index (χ1) is 9.81. The summed E-state index contributed by atoms with van der Waals surface area (Å²) in [6.07, 6.45) is 1.98. The Balaban J connectivity index is 1.82. The Morgan fingerprint density at radius 3 is 2.90 bits per heavy atom. The monoisotopic (exact) mass is 311 g/mol. The number of halogens is 1. The van der Waals surface area contributed by atoms with Gasteiger partial charge in [0.25, 0.3) is 0 Å². The smallest absolute Gasteiger partial charge is 0.149 e. The number of methoxy groups -OCH3 is 1. The third kappa shape index (κ3) is 4.52. The molecular formula is C14H18ClN3OS. The molecule has 6 heteroatoms. The molecule has 20 heavy (non-hydrogen) atoms. The number of nitrogens with zero attached hydrogens (tertiary/aromatic N) is 2. The van der Waals surface area contributed by atoms with Crippen LogP contribution in [0.25, 0.3) is 10.6 Å². The number of ether oxygens (including phenoxy) is 1. The lowest BCUT2D eigenvalue weighted by atomic mass is 10.2. The van der Waals surface area contributed by atoms with Gasteiger partial charge in [0.2, 0.25) is 0 Å². The molecule has 0 amide bonds. The third-order valence-corrected chi connectivity index (χ3v) is 4.14. The maximum Gasteiger partial charge on any atom is 0.149 e. The minimum absolute atomic E-state index is 0.719. The van der Waals surface area contributed by atoms with E-state index in [-0.39, 0.29) is 0 Å². The zero-order chi connectivity index (χ0) is 14.2. The summed E-state index contributed by atoms with van der Waals surface area (Å²) >= 11 is 7.77. The van der Waals surface area contributed by atoms with Gasteiger partial charge >= 0.3 is 0 Å². The molecule has 0 aliphatic heterocycles. The predicted molar refractivity (Wildman–Crippen MR) is 83.4 cm³/mol. The summed E-state index contributed by atoms with van der Waals surface area (Å²) in [5.74, 6) is 0. The molecule has 0 saturated carbocycles. The van der Waals surface area contributed by atoms with Crippen molar-refractivity contribution >= 4 is 22.9 Å². The summed E-state index contributed by atoms with van der Waals surface area (Å²) in [6.45, 7) is 2.59. The molecule has 0 saturated heterocycles. The van der Waals surface area contributed by atoms with E-state index in [4.69, 9.17) is 16.3 Å². The quantitative estimate of drug-likeness (QED) is 0.761. The second-order valence-corrected chi connectivity index (χ2v) is 5.80. The highest BCUT2D eigenvalue weighted by molar-refractivity contribution is 7.14. The van der Waals surface area contributed by atoms with Crippen molar-refractivity contribution in [2.75, 3.05) is 26.8 Å². The summed E-state index contributed by atoms with van der Waals surface area (Å²) in [4.78, 5) is 0. The summed E-state index contributed by atoms with van der Waals surface area (Å²) in [5, 5.41) is 14.4. The Morgan fingerprint density at radius 2 is 2.10 bits per heavy atom. The molecule has 1 aromatic carbocycles. The Hall–Kier alpha value is -1.01. The van der Waals surface area contributed by atoms with Gasteiger partial charge in [0, 0.05) is 25.6 Å². The molecule has 0 aliphatic carbocycles. The summed E-state index contributed by atoms with van der Waals surface area (Å²) in [7, 11) is 1.71.